The topological polar surface area (TPSA) is 97.6 Å². The summed E-state index contributed by atoms with van der Waals surface area (Å²) < 4.78 is 1.70. The van der Waals surface area contributed by atoms with E-state index in [1.165, 1.54) is 5.56 Å². The van der Waals surface area contributed by atoms with Crippen molar-refractivity contribution < 1.29 is 9.59 Å². The van der Waals surface area contributed by atoms with Gasteiger partial charge in [-0.25, -0.2) is 6.57 Å². The minimum absolute atomic E-state index is 0.0223. The Morgan fingerprint density at radius 1 is 1.14 bits per heavy atom. The number of primary amides is 1. The van der Waals surface area contributed by atoms with E-state index in [-0.39, 0.29) is 29.8 Å². The Labute approximate surface area is 221 Å². The van der Waals surface area contributed by atoms with Crippen LogP contribution in [0.2, 0.25) is 5.02 Å². The average Bonchev–Trinajstić information content (AvgIpc) is 3.66. The second kappa shape index (κ2) is 10.4. The van der Waals surface area contributed by atoms with Crippen molar-refractivity contribution in [1.82, 2.24) is 14.7 Å². The van der Waals surface area contributed by atoms with Gasteiger partial charge in [0.2, 0.25) is 12.5 Å². The zero-order chi connectivity index (χ0) is 26.0. The van der Waals surface area contributed by atoms with Gasteiger partial charge in [0.15, 0.2) is 5.82 Å². The predicted octanol–water partition coefficient (Wildman–Crippen LogP) is 4.56. The summed E-state index contributed by atoms with van der Waals surface area (Å²) in [5.41, 5.74) is 8.63. The maximum atomic E-state index is 12.3. The van der Waals surface area contributed by atoms with Crippen molar-refractivity contribution >= 4 is 29.2 Å². The fraction of sp³-hybridized carbons (Fsp3) is 0.357. The molecule has 2 aliphatic rings. The van der Waals surface area contributed by atoms with Gasteiger partial charge in [0.1, 0.15) is 11.1 Å². The van der Waals surface area contributed by atoms with E-state index in [1.807, 2.05) is 24.3 Å². The van der Waals surface area contributed by atoms with E-state index >= 15 is 0 Å². The third kappa shape index (κ3) is 5.53. The number of hydrogen-bond donors (Lipinski definition) is 2. The number of halogens is 1. The number of amides is 2. The molecule has 0 spiro atoms. The summed E-state index contributed by atoms with van der Waals surface area (Å²) in [6.07, 6.45) is 4.69. The standard InChI is InChI=1S/C28H29ClN6O2/c1-31-18-28(35-17-24(25(30)36)26(33-35)32-27(37)21-9-10-21)11-13-34(14-12-28)16-19-5-7-20(8-6-19)22-3-2-4-23(29)15-22/h2-8,15,17,21H,9-14,16,18H2,(H2,30,36)(H,32,33,37). The second-order valence-corrected chi connectivity index (χ2v) is 10.4. The van der Waals surface area contributed by atoms with Crippen molar-refractivity contribution in [1.29, 1.82) is 0 Å². The van der Waals surface area contributed by atoms with Gasteiger partial charge < -0.3 is 15.9 Å². The molecular weight excluding hydrogens is 488 g/mol. The highest BCUT2D eigenvalue weighted by atomic mass is 35.5. The van der Waals surface area contributed by atoms with Crippen molar-refractivity contribution in [3.8, 4) is 11.1 Å². The summed E-state index contributed by atoms with van der Waals surface area (Å²) in [5, 5.41) is 8.05. The van der Waals surface area contributed by atoms with Gasteiger partial charge in [-0.15, -0.1) is 0 Å². The van der Waals surface area contributed by atoms with Crippen LogP contribution in [0.25, 0.3) is 16.0 Å². The Hall–Kier alpha value is -3.67. The van der Waals surface area contributed by atoms with Crippen LogP contribution in [0, 0.1) is 12.5 Å². The Bertz CT molecular complexity index is 1350. The van der Waals surface area contributed by atoms with Gasteiger partial charge in [-0.2, -0.15) is 5.10 Å². The first-order chi connectivity index (χ1) is 17.9. The number of carbonyl (C=O) groups is 2. The van der Waals surface area contributed by atoms with E-state index in [0.29, 0.717) is 12.8 Å². The lowest BCUT2D eigenvalue weighted by Crippen LogP contribution is -2.47. The Morgan fingerprint density at radius 2 is 1.86 bits per heavy atom. The minimum atomic E-state index is -0.644. The zero-order valence-corrected chi connectivity index (χ0v) is 21.2. The number of benzene rings is 2. The van der Waals surface area contributed by atoms with Gasteiger partial charge in [-0.3, -0.25) is 19.2 Å². The molecule has 1 aliphatic heterocycles. The summed E-state index contributed by atoms with van der Waals surface area (Å²) >= 11 is 6.13. The van der Waals surface area contributed by atoms with Crippen LogP contribution in [0.15, 0.2) is 54.7 Å². The summed E-state index contributed by atoms with van der Waals surface area (Å²) in [5.74, 6) is -0.612. The molecule has 3 N–H and O–H groups in total. The van der Waals surface area contributed by atoms with E-state index in [4.69, 9.17) is 23.9 Å². The molecule has 0 bridgehead atoms. The fourth-order valence-corrected chi connectivity index (χ4v) is 5.11. The fourth-order valence-electron chi connectivity index (χ4n) is 4.92. The van der Waals surface area contributed by atoms with E-state index < -0.39 is 11.4 Å². The predicted molar refractivity (Wildman–Crippen MR) is 143 cm³/mol. The number of carbonyl (C=O) groups excluding carboxylic acids is 2. The average molecular weight is 517 g/mol. The lowest BCUT2D eigenvalue weighted by atomic mass is 9.87. The molecule has 37 heavy (non-hydrogen) atoms. The number of anilines is 1. The van der Waals surface area contributed by atoms with Gasteiger partial charge in [0.25, 0.3) is 5.91 Å². The van der Waals surface area contributed by atoms with Crippen LogP contribution in [0.1, 0.15) is 41.6 Å². The molecule has 190 valence electrons. The van der Waals surface area contributed by atoms with Gasteiger partial charge in [-0.05, 0) is 54.5 Å². The summed E-state index contributed by atoms with van der Waals surface area (Å²) in [6.45, 7) is 10.2. The highest BCUT2D eigenvalue weighted by molar-refractivity contribution is 6.30. The molecule has 0 radical (unpaired) electrons. The van der Waals surface area contributed by atoms with E-state index in [1.54, 1.807) is 10.9 Å². The smallest absolute Gasteiger partial charge is 0.254 e. The van der Waals surface area contributed by atoms with Crippen LogP contribution < -0.4 is 11.1 Å². The molecule has 0 atom stereocenters. The van der Waals surface area contributed by atoms with Crippen molar-refractivity contribution in [3.63, 3.8) is 0 Å². The molecule has 1 saturated carbocycles. The third-order valence-corrected chi connectivity index (χ3v) is 7.57. The van der Waals surface area contributed by atoms with Crippen LogP contribution in [0.4, 0.5) is 5.82 Å². The quantitative estimate of drug-likeness (QED) is 0.429. The highest BCUT2D eigenvalue weighted by Gasteiger charge is 2.41. The SMILES string of the molecule is [C-]#[N+]CC1(n2cc(C(N)=O)c(NC(=O)C3CC3)n2)CCN(Cc2ccc(-c3cccc(Cl)c3)cc2)CC1. The molecule has 8 nitrogen and oxygen atoms in total. The molecule has 9 heteroatoms. The van der Waals surface area contributed by atoms with Crippen LogP contribution in [0.5, 0.6) is 0 Å². The highest BCUT2D eigenvalue weighted by Crippen LogP contribution is 2.34. The monoisotopic (exact) mass is 516 g/mol. The van der Waals surface area contributed by atoms with Crippen LogP contribution in [0.3, 0.4) is 0 Å². The van der Waals surface area contributed by atoms with E-state index in [0.717, 1.165) is 48.6 Å². The zero-order valence-electron chi connectivity index (χ0n) is 20.5. The molecule has 2 aromatic carbocycles. The first-order valence-electron chi connectivity index (χ1n) is 12.5. The molecule has 3 aromatic rings. The van der Waals surface area contributed by atoms with Crippen molar-refractivity contribution in [2.24, 2.45) is 11.7 Å². The number of hydrogen-bond acceptors (Lipinski definition) is 4. The molecular formula is C28H29ClN6O2. The molecule has 2 heterocycles. The van der Waals surface area contributed by atoms with Crippen LogP contribution in [-0.2, 0) is 16.9 Å². The largest absolute Gasteiger partial charge is 0.365 e. The van der Waals surface area contributed by atoms with E-state index in [9.17, 15) is 9.59 Å². The number of nitrogens with zero attached hydrogens (tertiary/aromatic N) is 4. The molecule has 1 saturated heterocycles. The van der Waals surface area contributed by atoms with Crippen molar-refractivity contribution in [2.45, 2.75) is 37.8 Å². The number of nitrogens with one attached hydrogen (secondary N) is 1. The van der Waals surface area contributed by atoms with Crippen molar-refractivity contribution in [3.05, 3.63) is 82.3 Å². The molecule has 5 rings (SSSR count). The van der Waals surface area contributed by atoms with Crippen LogP contribution in [-0.4, -0.2) is 46.1 Å². The summed E-state index contributed by atoms with van der Waals surface area (Å²) in [4.78, 5) is 30.4. The summed E-state index contributed by atoms with van der Waals surface area (Å²) in [7, 11) is 0. The number of aromatic nitrogens is 2. The number of nitrogens with two attached hydrogens (primary N) is 1. The van der Waals surface area contributed by atoms with Crippen LogP contribution >= 0.6 is 11.6 Å². The maximum absolute atomic E-state index is 12.3. The van der Waals surface area contributed by atoms with Gasteiger partial charge >= 0.3 is 0 Å². The maximum Gasteiger partial charge on any atom is 0.254 e. The number of likely N-dealkylation sites (tertiary alicyclic amines) is 1. The minimum Gasteiger partial charge on any atom is -0.365 e. The normalized spacial score (nSPS) is 17.2. The first kappa shape index (κ1) is 25.0. The Kier molecular flexibility index (Phi) is 7.00. The molecule has 2 amide bonds. The molecule has 2 fully saturated rings. The lowest BCUT2D eigenvalue weighted by Gasteiger charge is -2.38. The van der Waals surface area contributed by atoms with Crippen molar-refractivity contribution in [2.75, 3.05) is 25.0 Å². The second-order valence-electron chi connectivity index (χ2n) is 9.99. The van der Waals surface area contributed by atoms with Gasteiger partial charge in [0.05, 0.1) is 0 Å². The first-order valence-corrected chi connectivity index (χ1v) is 12.9. The molecule has 1 aromatic heterocycles. The third-order valence-electron chi connectivity index (χ3n) is 7.33. The lowest BCUT2D eigenvalue weighted by molar-refractivity contribution is -0.117. The van der Waals surface area contributed by atoms with Gasteiger partial charge in [0, 0.05) is 36.8 Å². The van der Waals surface area contributed by atoms with E-state index in [2.05, 4.69) is 44.4 Å². The molecule has 1 aliphatic carbocycles. The summed E-state index contributed by atoms with van der Waals surface area (Å²) in [6, 6.07) is 16.3. The molecule has 0 unspecified atom stereocenters. The number of piperidine rings is 1. The number of rotatable bonds is 8. The Morgan fingerprint density at radius 3 is 2.49 bits per heavy atom. The Balaban J connectivity index is 1.27. The van der Waals surface area contributed by atoms with Gasteiger partial charge in [-0.1, -0.05) is 48.0 Å².